The minimum absolute atomic E-state index is 0.000121. The molecular weight excluding hydrogens is 333 g/mol. The van der Waals surface area contributed by atoms with Crippen LogP contribution in [-0.2, 0) is 0 Å². The molecule has 140 valence electrons. The fourth-order valence-electron chi connectivity index (χ4n) is 3.47. The maximum atomic E-state index is 13.6. The van der Waals surface area contributed by atoms with Gasteiger partial charge in [0.2, 0.25) is 5.82 Å². The Morgan fingerprint density at radius 1 is 1.31 bits per heavy atom. The van der Waals surface area contributed by atoms with Gasteiger partial charge in [0.1, 0.15) is 11.6 Å². The quantitative estimate of drug-likeness (QED) is 0.911. The lowest BCUT2D eigenvalue weighted by Gasteiger charge is -2.37. The lowest BCUT2D eigenvalue weighted by atomic mass is 9.97. The van der Waals surface area contributed by atoms with E-state index < -0.39 is 0 Å². The van der Waals surface area contributed by atoms with Crippen molar-refractivity contribution in [1.29, 1.82) is 0 Å². The molecule has 7 heteroatoms. The molecule has 2 atom stereocenters. The average molecular weight is 359 g/mol. The lowest BCUT2D eigenvalue weighted by molar-refractivity contribution is 0.0571. The number of aromatic nitrogens is 3. The van der Waals surface area contributed by atoms with Gasteiger partial charge in [-0.1, -0.05) is 19.9 Å². The molecule has 2 heterocycles. The summed E-state index contributed by atoms with van der Waals surface area (Å²) in [5.41, 5.74) is 6.64. The minimum Gasteiger partial charge on any atom is -0.331 e. The Hall–Kier alpha value is -2.28. The van der Waals surface area contributed by atoms with Crippen LogP contribution in [-0.4, -0.2) is 44.2 Å². The normalized spacial score (nSPS) is 19.0. The van der Waals surface area contributed by atoms with Gasteiger partial charge in [-0.15, -0.1) is 5.10 Å². The van der Waals surface area contributed by atoms with E-state index in [0.717, 1.165) is 19.3 Å². The smallest absolute Gasteiger partial charge is 0.293 e. The van der Waals surface area contributed by atoms with Crippen LogP contribution in [0.2, 0.25) is 0 Å². The molecular formula is C19H26FN5O. The van der Waals surface area contributed by atoms with Crippen LogP contribution in [0.15, 0.2) is 24.3 Å². The average Bonchev–Trinajstić information content (AvgIpc) is 3.07. The standard InChI is InChI=1S/C19H26FN5O/c1-12(2)18-22-17(23-25(18)15-8-6-7-14(20)11-15)19(26)24-10-5-4-9-16(24)13(3)21/h6-8,11-13,16H,4-5,9-10,21H2,1-3H3. The maximum absolute atomic E-state index is 13.6. The van der Waals surface area contributed by atoms with Gasteiger partial charge in [-0.3, -0.25) is 4.79 Å². The van der Waals surface area contributed by atoms with Crippen LogP contribution in [0.5, 0.6) is 0 Å². The van der Waals surface area contributed by atoms with Gasteiger partial charge in [0, 0.05) is 24.5 Å². The van der Waals surface area contributed by atoms with E-state index in [2.05, 4.69) is 10.1 Å². The monoisotopic (exact) mass is 359 g/mol. The summed E-state index contributed by atoms with van der Waals surface area (Å²) in [6.07, 6.45) is 2.92. The topological polar surface area (TPSA) is 77.0 Å². The third-order valence-electron chi connectivity index (χ3n) is 4.81. The number of rotatable bonds is 4. The molecule has 0 radical (unpaired) electrons. The van der Waals surface area contributed by atoms with Crippen molar-refractivity contribution in [2.75, 3.05) is 6.54 Å². The maximum Gasteiger partial charge on any atom is 0.293 e. The predicted molar refractivity (Wildman–Crippen MR) is 97.7 cm³/mol. The van der Waals surface area contributed by atoms with Gasteiger partial charge in [0.15, 0.2) is 0 Å². The Morgan fingerprint density at radius 2 is 2.08 bits per heavy atom. The molecule has 1 aliphatic rings. The van der Waals surface area contributed by atoms with Crippen LogP contribution in [0.3, 0.4) is 0 Å². The molecule has 2 unspecified atom stereocenters. The lowest BCUT2D eigenvalue weighted by Crippen LogP contribution is -2.51. The number of halogens is 1. The Kier molecular flexibility index (Phi) is 5.36. The van der Waals surface area contributed by atoms with E-state index in [4.69, 9.17) is 5.73 Å². The molecule has 1 aliphatic heterocycles. The third-order valence-corrected chi connectivity index (χ3v) is 4.81. The van der Waals surface area contributed by atoms with Crippen LogP contribution < -0.4 is 5.73 Å². The molecule has 2 aromatic rings. The highest BCUT2D eigenvalue weighted by atomic mass is 19.1. The van der Waals surface area contributed by atoms with Gasteiger partial charge in [-0.2, -0.15) is 0 Å². The summed E-state index contributed by atoms with van der Waals surface area (Å²) < 4.78 is 15.2. The van der Waals surface area contributed by atoms with Crippen molar-refractivity contribution >= 4 is 5.91 Å². The summed E-state index contributed by atoms with van der Waals surface area (Å²) in [4.78, 5) is 19.3. The van der Waals surface area contributed by atoms with Crippen LogP contribution >= 0.6 is 0 Å². The molecule has 1 fully saturated rings. The zero-order chi connectivity index (χ0) is 18.8. The summed E-state index contributed by atoms with van der Waals surface area (Å²) in [5.74, 6) is 0.259. The Labute approximate surface area is 153 Å². The number of nitrogens with two attached hydrogens (primary N) is 1. The number of hydrogen-bond acceptors (Lipinski definition) is 4. The molecule has 0 spiro atoms. The molecule has 1 amide bonds. The molecule has 0 aliphatic carbocycles. The van der Waals surface area contributed by atoms with Crippen molar-refractivity contribution in [2.45, 2.75) is 58.0 Å². The second-order valence-electron chi connectivity index (χ2n) is 7.26. The predicted octanol–water partition coefficient (Wildman–Crippen LogP) is 2.87. The third kappa shape index (κ3) is 3.62. The molecule has 0 bridgehead atoms. The first-order chi connectivity index (χ1) is 12.4. The first kappa shape index (κ1) is 18.5. The van der Waals surface area contributed by atoms with E-state index in [1.807, 2.05) is 20.8 Å². The van der Waals surface area contributed by atoms with E-state index >= 15 is 0 Å². The first-order valence-electron chi connectivity index (χ1n) is 9.18. The Morgan fingerprint density at radius 3 is 2.73 bits per heavy atom. The summed E-state index contributed by atoms with van der Waals surface area (Å²) in [7, 11) is 0. The number of nitrogens with zero attached hydrogens (tertiary/aromatic N) is 4. The highest BCUT2D eigenvalue weighted by Gasteiger charge is 2.32. The van der Waals surface area contributed by atoms with Crippen LogP contribution in [0.1, 0.15) is 62.4 Å². The molecule has 3 rings (SSSR count). The first-order valence-corrected chi connectivity index (χ1v) is 9.18. The van der Waals surface area contributed by atoms with Gasteiger partial charge < -0.3 is 10.6 Å². The number of carbonyl (C=O) groups is 1. The van der Waals surface area contributed by atoms with Crippen LogP contribution in [0.4, 0.5) is 4.39 Å². The van der Waals surface area contributed by atoms with E-state index in [9.17, 15) is 9.18 Å². The number of likely N-dealkylation sites (tertiary alicyclic amines) is 1. The fourth-order valence-corrected chi connectivity index (χ4v) is 3.47. The number of benzene rings is 1. The second-order valence-corrected chi connectivity index (χ2v) is 7.26. The molecule has 2 N–H and O–H groups in total. The van der Waals surface area contributed by atoms with Gasteiger partial charge in [-0.05, 0) is 44.4 Å². The van der Waals surface area contributed by atoms with Crippen molar-refractivity contribution in [3.05, 3.63) is 41.7 Å². The Bertz CT molecular complexity index is 786. The SMILES string of the molecule is CC(C)c1nc(C(=O)N2CCCCC2C(C)N)nn1-c1cccc(F)c1. The number of hydrogen-bond donors (Lipinski definition) is 1. The fraction of sp³-hybridized carbons (Fsp3) is 0.526. The summed E-state index contributed by atoms with van der Waals surface area (Å²) in [6, 6.07) is 6.04. The molecule has 6 nitrogen and oxygen atoms in total. The summed E-state index contributed by atoms with van der Waals surface area (Å²) in [6.45, 7) is 6.53. The van der Waals surface area contributed by atoms with Gasteiger partial charge in [0.25, 0.3) is 5.91 Å². The highest BCUT2D eigenvalue weighted by Crippen LogP contribution is 2.23. The summed E-state index contributed by atoms with van der Waals surface area (Å²) >= 11 is 0. The van der Waals surface area contributed by atoms with Gasteiger partial charge in [0.05, 0.1) is 5.69 Å². The summed E-state index contributed by atoms with van der Waals surface area (Å²) in [5, 5.41) is 4.42. The zero-order valence-corrected chi connectivity index (χ0v) is 15.5. The second kappa shape index (κ2) is 7.53. The van der Waals surface area contributed by atoms with Crippen molar-refractivity contribution in [3.8, 4) is 5.69 Å². The van der Waals surface area contributed by atoms with E-state index in [1.165, 1.54) is 12.1 Å². The molecule has 1 aromatic heterocycles. The van der Waals surface area contributed by atoms with Gasteiger partial charge in [-0.25, -0.2) is 14.1 Å². The number of piperidine rings is 1. The number of amides is 1. The van der Waals surface area contributed by atoms with E-state index in [1.54, 1.807) is 21.7 Å². The van der Waals surface area contributed by atoms with E-state index in [-0.39, 0.29) is 35.6 Å². The zero-order valence-electron chi connectivity index (χ0n) is 15.5. The Balaban J connectivity index is 1.98. The molecule has 1 saturated heterocycles. The van der Waals surface area contributed by atoms with E-state index in [0.29, 0.717) is 18.1 Å². The van der Waals surface area contributed by atoms with Crippen molar-refractivity contribution in [2.24, 2.45) is 5.73 Å². The largest absolute Gasteiger partial charge is 0.331 e. The van der Waals surface area contributed by atoms with Crippen molar-refractivity contribution in [1.82, 2.24) is 19.7 Å². The van der Waals surface area contributed by atoms with Crippen molar-refractivity contribution in [3.63, 3.8) is 0 Å². The number of carbonyl (C=O) groups excluding carboxylic acids is 1. The minimum atomic E-state index is -0.353. The van der Waals surface area contributed by atoms with Crippen molar-refractivity contribution < 1.29 is 9.18 Å². The van der Waals surface area contributed by atoms with Gasteiger partial charge >= 0.3 is 0 Å². The molecule has 0 saturated carbocycles. The highest BCUT2D eigenvalue weighted by molar-refractivity contribution is 5.90. The van der Waals surface area contributed by atoms with Crippen LogP contribution in [0.25, 0.3) is 5.69 Å². The van der Waals surface area contributed by atoms with Crippen LogP contribution in [0, 0.1) is 5.82 Å². The molecule has 26 heavy (non-hydrogen) atoms. The molecule has 1 aromatic carbocycles.